The van der Waals surface area contributed by atoms with Crippen LogP contribution in [-0.2, 0) is 0 Å². The van der Waals surface area contributed by atoms with Gasteiger partial charge in [0.2, 0.25) is 0 Å². The van der Waals surface area contributed by atoms with Gasteiger partial charge in [0.1, 0.15) is 5.82 Å². The molecule has 104 valence electrons. The van der Waals surface area contributed by atoms with E-state index in [4.69, 9.17) is 0 Å². The zero-order chi connectivity index (χ0) is 14.0. The first kappa shape index (κ1) is 14.0. The molecule has 1 aliphatic rings. The molecule has 1 aromatic rings. The molecule has 0 saturated heterocycles. The minimum atomic E-state index is -0.297. The Morgan fingerprint density at radius 1 is 1.32 bits per heavy atom. The summed E-state index contributed by atoms with van der Waals surface area (Å²) in [6, 6.07) is 4.55. The van der Waals surface area contributed by atoms with Crippen molar-refractivity contribution in [1.29, 1.82) is 0 Å². The summed E-state index contributed by atoms with van der Waals surface area (Å²) in [5.74, 6) is 0.877. The second kappa shape index (κ2) is 5.72. The molecule has 3 unspecified atom stereocenters. The van der Waals surface area contributed by atoms with Gasteiger partial charge >= 0.3 is 0 Å². The van der Waals surface area contributed by atoms with Crippen molar-refractivity contribution in [2.24, 2.45) is 11.8 Å². The summed E-state index contributed by atoms with van der Waals surface area (Å²) in [4.78, 5) is 12.2. The van der Waals surface area contributed by atoms with Crippen molar-refractivity contribution in [2.45, 2.75) is 46.1 Å². The molecule has 1 aromatic carbocycles. The molecule has 1 amide bonds. The zero-order valence-corrected chi connectivity index (χ0v) is 11.9. The van der Waals surface area contributed by atoms with Gasteiger partial charge in [-0.25, -0.2) is 4.39 Å². The molecule has 0 bridgehead atoms. The van der Waals surface area contributed by atoms with E-state index in [1.807, 2.05) is 0 Å². The van der Waals surface area contributed by atoms with Crippen molar-refractivity contribution in [1.82, 2.24) is 5.32 Å². The Hall–Kier alpha value is -1.38. The fourth-order valence-electron chi connectivity index (χ4n) is 3.01. The maximum Gasteiger partial charge on any atom is 0.251 e. The van der Waals surface area contributed by atoms with Crippen LogP contribution in [0, 0.1) is 24.6 Å². The van der Waals surface area contributed by atoms with Gasteiger partial charge in [-0.1, -0.05) is 13.8 Å². The molecular weight excluding hydrogens is 241 g/mol. The molecule has 0 aromatic heterocycles. The van der Waals surface area contributed by atoms with Gasteiger partial charge in [-0.3, -0.25) is 4.79 Å². The highest BCUT2D eigenvalue weighted by atomic mass is 19.1. The fourth-order valence-corrected chi connectivity index (χ4v) is 3.01. The van der Waals surface area contributed by atoms with E-state index >= 15 is 0 Å². The molecule has 0 aliphatic heterocycles. The van der Waals surface area contributed by atoms with Gasteiger partial charge in [-0.05, 0) is 61.8 Å². The summed E-state index contributed by atoms with van der Waals surface area (Å²) < 4.78 is 13.0. The van der Waals surface area contributed by atoms with Crippen molar-refractivity contribution >= 4 is 5.91 Å². The predicted octanol–water partition coefficient (Wildman–Crippen LogP) is 3.69. The number of rotatable bonds is 2. The van der Waals surface area contributed by atoms with E-state index < -0.39 is 0 Å². The minimum Gasteiger partial charge on any atom is -0.349 e. The maximum atomic E-state index is 13.0. The summed E-state index contributed by atoms with van der Waals surface area (Å²) in [7, 11) is 0. The smallest absolute Gasteiger partial charge is 0.251 e. The lowest BCUT2D eigenvalue weighted by Gasteiger charge is -2.33. The van der Waals surface area contributed by atoms with Crippen LogP contribution in [-0.4, -0.2) is 11.9 Å². The predicted molar refractivity (Wildman–Crippen MR) is 74.6 cm³/mol. The van der Waals surface area contributed by atoms with E-state index in [0.29, 0.717) is 17.0 Å². The average molecular weight is 263 g/mol. The molecule has 1 N–H and O–H groups in total. The van der Waals surface area contributed by atoms with Crippen LogP contribution in [0.2, 0.25) is 0 Å². The molecule has 1 aliphatic carbocycles. The van der Waals surface area contributed by atoms with Gasteiger partial charge < -0.3 is 5.32 Å². The number of benzene rings is 1. The van der Waals surface area contributed by atoms with E-state index in [2.05, 4.69) is 19.2 Å². The van der Waals surface area contributed by atoms with Crippen molar-refractivity contribution in [3.05, 3.63) is 35.1 Å². The third kappa shape index (κ3) is 3.34. The van der Waals surface area contributed by atoms with Gasteiger partial charge in [0.05, 0.1) is 0 Å². The number of nitrogens with one attached hydrogen (secondary N) is 1. The summed E-state index contributed by atoms with van der Waals surface area (Å²) >= 11 is 0. The van der Waals surface area contributed by atoms with Gasteiger partial charge in [-0.15, -0.1) is 0 Å². The molecular formula is C16H22FNO. The highest BCUT2D eigenvalue weighted by Crippen LogP contribution is 2.28. The normalized spacial score (nSPS) is 27.1. The second-order valence-corrected chi connectivity index (χ2v) is 5.93. The van der Waals surface area contributed by atoms with Gasteiger partial charge in [0, 0.05) is 11.6 Å². The van der Waals surface area contributed by atoms with Crippen molar-refractivity contribution in [3.63, 3.8) is 0 Å². The summed E-state index contributed by atoms with van der Waals surface area (Å²) in [6.45, 7) is 6.22. The molecule has 0 radical (unpaired) electrons. The molecule has 19 heavy (non-hydrogen) atoms. The molecule has 3 heteroatoms. The average Bonchev–Trinajstić information content (AvgIpc) is 2.32. The first-order chi connectivity index (χ1) is 8.97. The second-order valence-electron chi connectivity index (χ2n) is 5.93. The first-order valence-corrected chi connectivity index (χ1v) is 7.04. The Morgan fingerprint density at radius 2 is 2.05 bits per heavy atom. The SMILES string of the molecule is Cc1cc(F)ccc1C(=O)NC1CCC(C)CC1C. The van der Waals surface area contributed by atoms with Crippen molar-refractivity contribution in [3.8, 4) is 0 Å². The molecule has 2 nitrogen and oxygen atoms in total. The Bertz CT molecular complexity index is 472. The van der Waals surface area contributed by atoms with E-state index in [-0.39, 0.29) is 17.8 Å². The zero-order valence-electron chi connectivity index (χ0n) is 11.9. The van der Waals surface area contributed by atoms with Crippen LogP contribution in [0.4, 0.5) is 4.39 Å². The van der Waals surface area contributed by atoms with Crippen LogP contribution < -0.4 is 5.32 Å². The standard InChI is InChI=1S/C16H22FNO/c1-10-4-7-15(12(3)8-10)18-16(19)14-6-5-13(17)9-11(14)2/h5-6,9-10,12,15H,4,7-8H2,1-3H3,(H,18,19). The van der Waals surface area contributed by atoms with Crippen LogP contribution in [0.5, 0.6) is 0 Å². The number of carbonyl (C=O) groups is 1. The van der Waals surface area contributed by atoms with Crippen LogP contribution in [0.15, 0.2) is 18.2 Å². The Morgan fingerprint density at radius 3 is 2.68 bits per heavy atom. The largest absolute Gasteiger partial charge is 0.349 e. The van der Waals surface area contributed by atoms with Crippen molar-refractivity contribution in [2.75, 3.05) is 0 Å². The monoisotopic (exact) mass is 263 g/mol. The summed E-state index contributed by atoms with van der Waals surface area (Å²) in [6.07, 6.45) is 3.36. The number of halogens is 1. The van der Waals surface area contributed by atoms with Gasteiger partial charge in [0.15, 0.2) is 0 Å². The number of amides is 1. The first-order valence-electron chi connectivity index (χ1n) is 7.04. The molecule has 1 saturated carbocycles. The molecule has 1 fully saturated rings. The number of hydrogen-bond acceptors (Lipinski definition) is 1. The highest BCUT2D eigenvalue weighted by Gasteiger charge is 2.27. The van der Waals surface area contributed by atoms with Crippen molar-refractivity contribution < 1.29 is 9.18 Å². The third-order valence-electron chi connectivity index (χ3n) is 4.18. The Labute approximate surface area is 114 Å². The van der Waals surface area contributed by atoms with Gasteiger partial charge in [-0.2, -0.15) is 0 Å². The Kier molecular flexibility index (Phi) is 4.23. The summed E-state index contributed by atoms with van der Waals surface area (Å²) in [5, 5.41) is 3.10. The van der Waals surface area contributed by atoms with E-state index in [1.165, 1.54) is 12.1 Å². The lowest BCUT2D eigenvalue weighted by atomic mass is 9.80. The minimum absolute atomic E-state index is 0.0797. The summed E-state index contributed by atoms with van der Waals surface area (Å²) in [5.41, 5.74) is 1.27. The fraction of sp³-hybridized carbons (Fsp3) is 0.562. The van der Waals surface area contributed by atoms with E-state index in [1.54, 1.807) is 13.0 Å². The molecule has 2 rings (SSSR count). The van der Waals surface area contributed by atoms with E-state index in [9.17, 15) is 9.18 Å². The third-order valence-corrected chi connectivity index (χ3v) is 4.18. The van der Waals surface area contributed by atoms with E-state index in [0.717, 1.165) is 25.2 Å². The van der Waals surface area contributed by atoms with Crippen LogP contribution in [0.25, 0.3) is 0 Å². The van der Waals surface area contributed by atoms with Crippen LogP contribution in [0.3, 0.4) is 0 Å². The number of hydrogen-bond donors (Lipinski definition) is 1. The van der Waals surface area contributed by atoms with Gasteiger partial charge in [0.25, 0.3) is 5.91 Å². The van der Waals surface area contributed by atoms with Crippen LogP contribution >= 0.6 is 0 Å². The number of aryl methyl sites for hydroxylation is 1. The number of carbonyl (C=O) groups excluding carboxylic acids is 1. The quantitative estimate of drug-likeness (QED) is 0.866. The lowest BCUT2D eigenvalue weighted by molar-refractivity contribution is 0.0899. The molecule has 3 atom stereocenters. The maximum absolute atomic E-state index is 13.0. The lowest BCUT2D eigenvalue weighted by Crippen LogP contribution is -2.42. The Balaban J connectivity index is 2.04. The highest BCUT2D eigenvalue weighted by molar-refractivity contribution is 5.95. The molecule has 0 heterocycles. The molecule has 0 spiro atoms. The topological polar surface area (TPSA) is 29.1 Å². The van der Waals surface area contributed by atoms with Crippen LogP contribution in [0.1, 0.15) is 49.0 Å².